The highest BCUT2D eigenvalue weighted by molar-refractivity contribution is 5.41. The van der Waals surface area contributed by atoms with E-state index < -0.39 is 0 Å². The number of nitrogens with one attached hydrogen (secondary N) is 1. The standard InChI is InChI=1S/C8H13N3/c1-3-10-6-7-4-5-11(2)8(7)9/h3-5,10H,1,6,9H2,2H3. The van der Waals surface area contributed by atoms with Crippen molar-refractivity contribution in [2.24, 2.45) is 7.05 Å². The largest absolute Gasteiger partial charge is 0.387 e. The summed E-state index contributed by atoms with van der Waals surface area (Å²) < 4.78 is 1.89. The zero-order chi connectivity index (χ0) is 8.27. The lowest BCUT2D eigenvalue weighted by molar-refractivity contribution is 0.865. The second-order valence-electron chi connectivity index (χ2n) is 2.42. The number of hydrogen-bond acceptors (Lipinski definition) is 2. The molecule has 0 unspecified atom stereocenters. The number of hydrogen-bond donors (Lipinski definition) is 2. The summed E-state index contributed by atoms with van der Waals surface area (Å²) in [6.07, 6.45) is 3.60. The van der Waals surface area contributed by atoms with Gasteiger partial charge < -0.3 is 15.6 Å². The monoisotopic (exact) mass is 151 g/mol. The van der Waals surface area contributed by atoms with Crippen LogP contribution in [0.2, 0.25) is 0 Å². The second kappa shape index (κ2) is 3.14. The van der Waals surface area contributed by atoms with Gasteiger partial charge in [-0.15, -0.1) is 0 Å². The van der Waals surface area contributed by atoms with Gasteiger partial charge in [-0.3, -0.25) is 0 Å². The maximum atomic E-state index is 5.73. The molecule has 0 aliphatic heterocycles. The summed E-state index contributed by atoms with van der Waals surface area (Å²) in [5.74, 6) is 0.805. The van der Waals surface area contributed by atoms with E-state index in [0.717, 1.165) is 17.9 Å². The first-order valence-corrected chi connectivity index (χ1v) is 3.49. The van der Waals surface area contributed by atoms with Crippen molar-refractivity contribution in [2.75, 3.05) is 5.73 Å². The van der Waals surface area contributed by atoms with Gasteiger partial charge in [-0.25, -0.2) is 0 Å². The van der Waals surface area contributed by atoms with Crippen LogP contribution < -0.4 is 11.1 Å². The van der Waals surface area contributed by atoms with Crippen molar-refractivity contribution in [2.45, 2.75) is 6.54 Å². The summed E-state index contributed by atoms with van der Waals surface area (Å²) in [4.78, 5) is 0. The van der Waals surface area contributed by atoms with Crippen LogP contribution in [0.1, 0.15) is 5.56 Å². The van der Waals surface area contributed by atoms with Gasteiger partial charge in [0, 0.05) is 25.4 Å². The van der Waals surface area contributed by atoms with Crippen LogP contribution in [0.4, 0.5) is 5.82 Å². The van der Waals surface area contributed by atoms with Gasteiger partial charge in [0.1, 0.15) is 5.82 Å². The van der Waals surface area contributed by atoms with E-state index in [1.165, 1.54) is 0 Å². The van der Waals surface area contributed by atoms with Crippen LogP contribution in [-0.4, -0.2) is 4.57 Å². The number of nitrogens with zero attached hydrogens (tertiary/aromatic N) is 1. The number of nitrogen functional groups attached to an aromatic ring is 1. The minimum absolute atomic E-state index is 0.746. The summed E-state index contributed by atoms with van der Waals surface area (Å²) in [6, 6.07) is 1.99. The maximum absolute atomic E-state index is 5.73. The fraction of sp³-hybridized carbons (Fsp3) is 0.250. The number of aromatic nitrogens is 1. The van der Waals surface area contributed by atoms with Crippen molar-refractivity contribution >= 4 is 5.82 Å². The van der Waals surface area contributed by atoms with E-state index in [1.54, 1.807) is 6.20 Å². The Bertz CT molecular complexity index is 250. The first-order chi connectivity index (χ1) is 5.25. The third-order valence-corrected chi connectivity index (χ3v) is 1.65. The molecule has 3 heteroatoms. The van der Waals surface area contributed by atoms with Crippen LogP contribution in [0, 0.1) is 0 Å². The molecule has 0 atom stereocenters. The summed E-state index contributed by atoms with van der Waals surface area (Å²) >= 11 is 0. The van der Waals surface area contributed by atoms with Gasteiger partial charge in [-0.2, -0.15) is 0 Å². The van der Waals surface area contributed by atoms with E-state index >= 15 is 0 Å². The van der Waals surface area contributed by atoms with E-state index in [0.29, 0.717) is 0 Å². The zero-order valence-corrected chi connectivity index (χ0v) is 6.67. The van der Waals surface area contributed by atoms with E-state index in [9.17, 15) is 0 Å². The van der Waals surface area contributed by atoms with Crippen LogP contribution in [0.5, 0.6) is 0 Å². The number of anilines is 1. The Balaban J connectivity index is 2.70. The molecule has 3 nitrogen and oxygen atoms in total. The quantitative estimate of drug-likeness (QED) is 0.672. The fourth-order valence-electron chi connectivity index (χ4n) is 0.926. The summed E-state index contributed by atoms with van der Waals surface area (Å²) in [5, 5.41) is 2.99. The Morgan fingerprint density at radius 3 is 3.00 bits per heavy atom. The van der Waals surface area contributed by atoms with Gasteiger partial charge in [0.25, 0.3) is 0 Å². The third-order valence-electron chi connectivity index (χ3n) is 1.65. The highest BCUT2D eigenvalue weighted by Gasteiger charge is 1.99. The molecular formula is C8H13N3. The van der Waals surface area contributed by atoms with Crippen LogP contribution in [0.15, 0.2) is 25.0 Å². The van der Waals surface area contributed by atoms with Crippen molar-refractivity contribution in [3.8, 4) is 0 Å². The molecule has 0 fully saturated rings. The molecule has 0 aliphatic carbocycles. The van der Waals surface area contributed by atoms with Gasteiger partial charge in [-0.05, 0) is 12.3 Å². The van der Waals surface area contributed by atoms with Crippen LogP contribution in [0.3, 0.4) is 0 Å². The average Bonchev–Trinajstić information content (AvgIpc) is 2.31. The minimum Gasteiger partial charge on any atom is -0.387 e. The summed E-state index contributed by atoms with van der Waals surface area (Å²) in [6.45, 7) is 4.30. The van der Waals surface area contributed by atoms with Gasteiger partial charge in [0.05, 0.1) is 0 Å². The molecule has 3 N–H and O–H groups in total. The molecule has 0 radical (unpaired) electrons. The molecule has 0 aromatic carbocycles. The molecular weight excluding hydrogens is 138 g/mol. The lowest BCUT2D eigenvalue weighted by atomic mass is 10.3. The van der Waals surface area contributed by atoms with Crippen molar-refractivity contribution in [1.82, 2.24) is 9.88 Å². The highest BCUT2D eigenvalue weighted by Crippen LogP contribution is 2.10. The van der Waals surface area contributed by atoms with Gasteiger partial charge >= 0.3 is 0 Å². The van der Waals surface area contributed by atoms with Crippen molar-refractivity contribution < 1.29 is 0 Å². The number of nitrogens with two attached hydrogens (primary N) is 1. The first-order valence-electron chi connectivity index (χ1n) is 3.49. The maximum Gasteiger partial charge on any atom is 0.108 e. The predicted octanol–water partition coefficient (Wildman–Crippen LogP) is 0.840. The molecule has 0 saturated carbocycles. The molecule has 1 heterocycles. The fourth-order valence-corrected chi connectivity index (χ4v) is 0.926. The highest BCUT2D eigenvalue weighted by atomic mass is 15.0. The average molecular weight is 151 g/mol. The molecule has 1 aromatic rings. The van der Waals surface area contributed by atoms with Crippen molar-refractivity contribution in [3.05, 3.63) is 30.6 Å². The molecule has 0 aliphatic rings. The number of aryl methyl sites for hydroxylation is 1. The first kappa shape index (κ1) is 7.72. The summed E-state index contributed by atoms with van der Waals surface area (Å²) in [5.41, 5.74) is 6.84. The molecule has 0 amide bonds. The lowest BCUT2D eigenvalue weighted by Gasteiger charge is -2.00. The molecule has 1 aromatic heterocycles. The van der Waals surface area contributed by atoms with Gasteiger partial charge in [-0.1, -0.05) is 6.58 Å². The second-order valence-corrected chi connectivity index (χ2v) is 2.42. The van der Waals surface area contributed by atoms with E-state index in [1.807, 2.05) is 23.9 Å². The topological polar surface area (TPSA) is 43.0 Å². The Morgan fingerprint density at radius 2 is 2.55 bits per heavy atom. The van der Waals surface area contributed by atoms with Crippen molar-refractivity contribution in [3.63, 3.8) is 0 Å². The van der Waals surface area contributed by atoms with Crippen molar-refractivity contribution in [1.29, 1.82) is 0 Å². The molecule has 0 saturated heterocycles. The van der Waals surface area contributed by atoms with Crippen LogP contribution in [0.25, 0.3) is 0 Å². The molecule has 0 bridgehead atoms. The Labute approximate surface area is 66.5 Å². The zero-order valence-electron chi connectivity index (χ0n) is 6.67. The SMILES string of the molecule is C=CNCc1ccn(C)c1N. The van der Waals surface area contributed by atoms with Gasteiger partial charge in [0.2, 0.25) is 0 Å². The Morgan fingerprint density at radius 1 is 1.82 bits per heavy atom. The van der Waals surface area contributed by atoms with E-state index in [4.69, 9.17) is 5.73 Å². The van der Waals surface area contributed by atoms with E-state index in [2.05, 4.69) is 11.9 Å². The number of rotatable bonds is 3. The smallest absolute Gasteiger partial charge is 0.108 e. The minimum atomic E-state index is 0.746. The van der Waals surface area contributed by atoms with Gasteiger partial charge in [0.15, 0.2) is 0 Å². The Kier molecular flexibility index (Phi) is 2.21. The molecule has 60 valence electrons. The van der Waals surface area contributed by atoms with E-state index in [-0.39, 0.29) is 0 Å². The summed E-state index contributed by atoms with van der Waals surface area (Å²) in [7, 11) is 1.92. The molecule has 1 rings (SSSR count). The van der Waals surface area contributed by atoms with Crippen LogP contribution >= 0.6 is 0 Å². The third kappa shape index (κ3) is 1.55. The van der Waals surface area contributed by atoms with Crippen LogP contribution in [-0.2, 0) is 13.6 Å². The predicted molar refractivity (Wildman–Crippen MR) is 46.9 cm³/mol. The lowest BCUT2D eigenvalue weighted by Crippen LogP contribution is -2.06. The molecule has 11 heavy (non-hydrogen) atoms. The Hall–Kier alpha value is -1.38. The normalized spacial score (nSPS) is 9.55. The molecule has 0 spiro atoms.